The van der Waals surface area contributed by atoms with Crippen LogP contribution in [-0.2, 0) is 4.79 Å². The van der Waals surface area contributed by atoms with E-state index in [1.165, 1.54) is 0 Å². The lowest BCUT2D eigenvalue weighted by molar-refractivity contribution is -0.116. The summed E-state index contributed by atoms with van der Waals surface area (Å²) in [7, 11) is 0. The van der Waals surface area contributed by atoms with E-state index in [1.807, 2.05) is 42.5 Å². The Morgan fingerprint density at radius 1 is 1.07 bits per heavy atom. The van der Waals surface area contributed by atoms with Gasteiger partial charge in [0.25, 0.3) is 0 Å². The van der Waals surface area contributed by atoms with Crippen LogP contribution in [0.15, 0.2) is 48.5 Å². The zero-order chi connectivity index (χ0) is 18.6. The van der Waals surface area contributed by atoms with Crippen molar-refractivity contribution in [2.75, 3.05) is 29.9 Å². The Hall–Kier alpha value is -2.53. The first-order chi connectivity index (χ1) is 13.2. The SMILES string of the molecule is O=C(CC1CCOc2ccccc21)Nc1ccccc1N1CCC(O)CC1. The number of nitrogens with one attached hydrogen (secondary N) is 1. The van der Waals surface area contributed by atoms with E-state index in [0.29, 0.717) is 13.0 Å². The number of fused-ring (bicyclic) bond motifs is 1. The Bertz CT molecular complexity index is 800. The van der Waals surface area contributed by atoms with Gasteiger partial charge in [0, 0.05) is 19.5 Å². The van der Waals surface area contributed by atoms with E-state index >= 15 is 0 Å². The van der Waals surface area contributed by atoms with E-state index in [0.717, 1.165) is 55.0 Å². The largest absolute Gasteiger partial charge is 0.493 e. The van der Waals surface area contributed by atoms with Gasteiger partial charge in [-0.3, -0.25) is 4.79 Å². The maximum atomic E-state index is 12.8. The molecular formula is C22H26N2O3. The molecule has 2 aromatic rings. The summed E-state index contributed by atoms with van der Waals surface area (Å²) in [5.74, 6) is 1.11. The van der Waals surface area contributed by atoms with Gasteiger partial charge in [0.2, 0.25) is 5.91 Å². The number of hydrogen-bond donors (Lipinski definition) is 2. The van der Waals surface area contributed by atoms with Gasteiger partial charge in [0.15, 0.2) is 0 Å². The third kappa shape index (κ3) is 4.08. The predicted molar refractivity (Wildman–Crippen MR) is 106 cm³/mol. The minimum absolute atomic E-state index is 0.0289. The van der Waals surface area contributed by atoms with E-state index in [2.05, 4.69) is 16.3 Å². The summed E-state index contributed by atoms with van der Waals surface area (Å²) in [5, 5.41) is 12.9. The number of rotatable bonds is 4. The summed E-state index contributed by atoms with van der Waals surface area (Å²) in [6, 6.07) is 15.9. The number of carbonyl (C=O) groups excluding carboxylic acids is 1. The molecule has 0 bridgehead atoms. The van der Waals surface area contributed by atoms with Gasteiger partial charge in [-0.1, -0.05) is 30.3 Å². The van der Waals surface area contributed by atoms with Gasteiger partial charge in [-0.25, -0.2) is 0 Å². The Labute approximate surface area is 160 Å². The standard InChI is InChI=1S/C22H26N2O3/c25-17-9-12-24(13-10-17)20-7-3-2-6-19(20)23-22(26)15-16-11-14-27-21-8-4-1-5-18(16)21/h1-8,16-17,25H,9-15H2,(H,23,26). The third-order valence-corrected chi connectivity index (χ3v) is 5.50. The van der Waals surface area contributed by atoms with Crippen molar-refractivity contribution < 1.29 is 14.6 Å². The van der Waals surface area contributed by atoms with Crippen LogP contribution >= 0.6 is 0 Å². The number of amides is 1. The molecule has 27 heavy (non-hydrogen) atoms. The Balaban J connectivity index is 1.45. The van der Waals surface area contributed by atoms with Gasteiger partial charge in [0.1, 0.15) is 5.75 Å². The highest BCUT2D eigenvalue weighted by Gasteiger charge is 2.24. The van der Waals surface area contributed by atoms with Gasteiger partial charge in [-0.05, 0) is 48.9 Å². The highest BCUT2D eigenvalue weighted by molar-refractivity contribution is 5.94. The number of aliphatic hydroxyl groups is 1. The van der Waals surface area contributed by atoms with Crippen LogP contribution in [-0.4, -0.2) is 36.8 Å². The number of para-hydroxylation sites is 3. The fraction of sp³-hybridized carbons (Fsp3) is 0.409. The van der Waals surface area contributed by atoms with Crippen LogP contribution in [0.2, 0.25) is 0 Å². The quantitative estimate of drug-likeness (QED) is 0.869. The van der Waals surface area contributed by atoms with E-state index in [4.69, 9.17) is 4.74 Å². The Morgan fingerprint density at radius 2 is 1.81 bits per heavy atom. The first-order valence-electron chi connectivity index (χ1n) is 9.74. The summed E-state index contributed by atoms with van der Waals surface area (Å²) >= 11 is 0. The lowest BCUT2D eigenvalue weighted by Gasteiger charge is -2.33. The van der Waals surface area contributed by atoms with Crippen molar-refractivity contribution in [2.45, 2.75) is 37.7 Å². The van der Waals surface area contributed by atoms with Crippen molar-refractivity contribution in [3.8, 4) is 5.75 Å². The lowest BCUT2D eigenvalue weighted by atomic mass is 9.90. The molecule has 2 heterocycles. The van der Waals surface area contributed by atoms with E-state index in [9.17, 15) is 9.90 Å². The zero-order valence-electron chi connectivity index (χ0n) is 15.4. The van der Waals surface area contributed by atoms with Crippen molar-refractivity contribution in [3.63, 3.8) is 0 Å². The fourth-order valence-electron chi connectivity index (χ4n) is 4.01. The minimum atomic E-state index is -0.211. The molecule has 0 aromatic heterocycles. The van der Waals surface area contributed by atoms with Crippen molar-refractivity contribution >= 4 is 17.3 Å². The topological polar surface area (TPSA) is 61.8 Å². The molecular weight excluding hydrogens is 340 g/mol. The predicted octanol–water partition coefficient (Wildman–Crippen LogP) is 3.54. The number of aliphatic hydroxyl groups excluding tert-OH is 1. The summed E-state index contributed by atoms with van der Waals surface area (Å²) < 4.78 is 5.70. The molecule has 1 amide bonds. The second-order valence-corrected chi connectivity index (χ2v) is 7.36. The minimum Gasteiger partial charge on any atom is -0.493 e. The molecule has 2 N–H and O–H groups in total. The van der Waals surface area contributed by atoms with Crippen molar-refractivity contribution in [1.29, 1.82) is 0 Å². The molecule has 2 aliphatic heterocycles. The molecule has 1 atom stereocenters. The van der Waals surface area contributed by atoms with Crippen LogP contribution in [0.5, 0.6) is 5.75 Å². The zero-order valence-corrected chi connectivity index (χ0v) is 15.4. The first-order valence-corrected chi connectivity index (χ1v) is 9.74. The molecule has 4 rings (SSSR count). The van der Waals surface area contributed by atoms with Gasteiger partial charge >= 0.3 is 0 Å². The van der Waals surface area contributed by atoms with Gasteiger partial charge in [-0.2, -0.15) is 0 Å². The van der Waals surface area contributed by atoms with Crippen LogP contribution < -0.4 is 15.0 Å². The summed E-state index contributed by atoms with van der Waals surface area (Å²) in [6.45, 7) is 2.27. The molecule has 0 aliphatic carbocycles. The summed E-state index contributed by atoms with van der Waals surface area (Å²) in [5.41, 5.74) is 3.00. The average Bonchev–Trinajstić information content (AvgIpc) is 2.69. The van der Waals surface area contributed by atoms with Gasteiger partial charge < -0.3 is 20.1 Å². The van der Waals surface area contributed by atoms with Crippen molar-refractivity contribution in [2.24, 2.45) is 0 Å². The van der Waals surface area contributed by atoms with Crippen LogP contribution in [0, 0.1) is 0 Å². The molecule has 142 valence electrons. The van der Waals surface area contributed by atoms with Gasteiger partial charge in [0.05, 0.1) is 24.1 Å². The van der Waals surface area contributed by atoms with E-state index in [-0.39, 0.29) is 17.9 Å². The van der Waals surface area contributed by atoms with Crippen molar-refractivity contribution in [1.82, 2.24) is 0 Å². The van der Waals surface area contributed by atoms with Gasteiger partial charge in [-0.15, -0.1) is 0 Å². The number of nitrogens with zero attached hydrogens (tertiary/aromatic N) is 1. The highest BCUT2D eigenvalue weighted by Crippen LogP contribution is 2.36. The maximum absolute atomic E-state index is 12.8. The fourth-order valence-corrected chi connectivity index (χ4v) is 4.01. The summed E-state index contributed by atoms with van der Waals surface area (Å²) in [4.78, 5) is 15.0. The maximum Gasteiger partial charge on any atom is 0.225 e. The molecule has 0 spiro atoms. The molecule has 1 unspecified atom stereocenters. The van der Waals surface area contributed by atoms with E-state index in [1.54, 1.807) is 0 Å². The number of benzene rings is 2. The number of hydrogen-bond acceptors (Lipinski definition) is 4. The monoisotopic (exact) mass is 366 g/mol. The number of ether oxygens (including phenoxy) is 1. The third-order valence-electron chi connectivity index (χ3n) is 5.50. The first kappa shape index (κ1) is 17.9. The molecule has 5 nitrogen and oxygen atoms in total. The van der Waals surface area contributed by atoms with Crippen LogP contribution in [0.1, 0.15) is 37.2 Å². The lowest BCUT2D eigenvalue weighted by Crippen LogP contribution is -2.36. The number of anilines is 2. The second-order valence-electron chi connectivity index (χ2n) is 7.36. The molecule has 1 saturated heterocycles. The van der Waals surface area contributed by atoms with Crippen molar-refractivity contribution in [3.05, 3.63) is 54.1 Å². The van der Waals surface area contributed by atoms with E-state index < -0.39 is 0 Å². The highest BCUT2D eigenvalue weighted by atomic mass is 16.5. The second kappa shape index (κ2) is 8.01. The smallest absolute Gasteiger partial charge is 0.225 e. The normalized spacial score (nSPS) is 19.9. The van der Waals surface area contributed by atoms with Crippen LogP contribution in [0.4, 0.5) is 11.4 Å². The Kier molecular flexibility index (Phi) is 5.30. The number of carbonyl (C=O) groups is 1. The molecule has 2 aromatic carbocycles. The molecule has 1 fully saturated rings. The molecule has 0 saturated carbocycles. The van der Waals surface area contributed by atoms with Crippen LogP contribution in [0.25, 0.3) is 0 Å². The summed E-state index contributed by atoms with van der Waals surface area (Å²) in [6.07, 6.45) is 2.63. The number of piperidine rings is 1. The Morgan fingerprint density at radius 3 is 2.67 bits per heavy atom. The molecule has 5 heteroatoms. The average molecular weight is 366 g/mol. The molecule has 2 aliphatic rings. The molecule has 0 radical (unpaired) electrons. The van der Waals surface area contributed by atoms with Crippen LogP contribution in [0.3, 0.4) is 0 Å².